The molecule has 2 aromatic rings. The Morgan fingerprint density at radius 1 is 1.03 bits per heavy atom. The maximum absolute atomic E-state index is 13.0. The Hall–Kier alpha value is -2.37. The number of rotatable bonds is 6. The average molecular weight is 494 g/mol. The van der Waals surface area contributed by atoms with Gasteiger partial charge in [0.05, 0.1) is 15.5 Å². The molecule has 2 aromatic carbocycles. The molecular formula is C20H20ClF4N3O3S. The summed E-state index contributed by atoms with van der Waals surface area (Å²) in [5.74, 6) is -0.614. The molecule has 1 aliphatic rings. The van der Waals surface area contributed by atoms with Gasteiger partial charge in [-0.1, -0.05) is 11.6 Å². The zero-order valence-corrected chi connectivity index (χ0v) is 18.3. The van der Waals surface area contributed by atoms with Crippen molar-refractivity contribution in [1.29, 1.82) is 0 Å². The number of anilines is 1. The van der Waals surface area contributed by atoms with E-state index >= 15 is 0 Å². The molecule has 0 aliphatic carbocycles. The Morgan fingerprint density at radius 2 is 1.66 bits per heavy atom. The number of alkyl halides is 3. The van der Waals surface area contributed by atoms with Gasteiger partial charge in [0.25, 0.3) is 0 Å². The highest BCUT2D eigenvalue weighted by molar-refractivity contribution is 7.89. The van der Waals surface area contributed by atoms with E-state index < -0.39 is 31.7 Å². The predicted octanol–water partition coefficient (Wildman–Crippen LogP) is 3.52. The summed E-state index contributed by atoms with van der Waals surface area (Å²) in [6.07, 6.45) is -4.94. The number of nitrogens with one attached hydrogen (secondary N) is 1. The summed E-state index contributed by atoms with van der Waals surface area (Å²) in [6, 6.07) is 8.32. The maximum Gasteiger partial charge on any atom is 0.417 e. The number of hydrogen-bond donors (Lipinski definition) is 1. The lowest BCUT2D eigenvalue weighted by Gasteiger charge is -2.36. The number of carbonyl (C=O) groups excluding carboxylic acids is 1. The van der Waals surface area contributed by atoms with Crippen LogP contribution in [0.4, 0.5) is 23.2 Å². The lowest BCUT2D eigenvalue weighted by Crippen LogP contribution is -2.49. The number of sulfonamides is 1. The van der Waals surface area contributed by atoms with Gasteiger partial charge in [-0.2, -0.15) is 13.2 Å². The SMILES string of the molecule is O=C(CCNS(=O)(=O)c1ccc(Cl)c(C(F)(F)F)c1)N1CCN(c2ccc(F)cc2)CC1. The van der Waals surface area contributed by atoms with Crippen LogP contribution in [0, 0.1) is 5.82 Å². The van der Waals surface area contributed by atoms with E-state index in [1.54, 1.807) is 17.0 Å². The van der Waals surface area contributed by atoms with Crippen LogP contribution in [0.25, 0.3) is 0 Å². The first kappa shape index (κ1) is 24.3. The van der Waals surface area contributed by atoms with Crippen LogP contribution in [0.2, 0.25) is 5.02 Å². The molecule has 1 saturated heterocycles. The molecule has 1 N–H and O–H groups in total. The van der Waals surface area contributed by atoms with Crippen LogP contribution in [0.5, 0.6) is 0 Å². The molecule has 1 fully saturated rings. The van der Waals surface area contributed by atoms with Crippen molar-refractivity contribution in [2.75, 3.05) is 37.6 Å². The number of hydrogen-bond acceptors (Lipinski definition) is 4. The van der Waals surface area contributed by atoms with Crippen LogP contribution in [-0.4, -0.2) is 51.9 Å². The van der Waals surface area contributed by atoms with Crippen LogP contribution >= 0.6 is 11.6 Å². The van der Waals surface area contributed by atoms with Crippen molar-refractivity contribution >= 4 is 33.2 Å². The van der Waals surface area contributed by atoms with Crippen molar-refractivity contribution in [3.8, 4) is 0 Å². The first-order chi connectivity index (χ1) is 15.0. The highest BCUT2D eigenvalue weighted by atomic mass is 35.5. The van der Waals surface area contributed by atoms with E-state index in [-0.39, 0.29) is 24.7 Å². The van der Waals surface area contributed by atoms with Crippen LogP contribution in [-0.2, 0) is 21.0 Å². The van der Waals surface area contributed by atoms with Gasteiger partial charge in [-0.05, 0) is 42.5 Å². The average Bonchev–Trinajstić information content (AvgIpc) is 2.73. The van der Waals surface area contributed by atoms with E-state index in [0.717, 1.165) is 17.8 Å². The standard InChI is InChI=1S/C20H20ClF4N3O3S/c21-18-6-5-16(13-17(18)20(23,24)25)32(30,31)26-8-7-19(29)28-11-9-27(10-12-28)15-3-1-14(22)2-4-15/h1-6,13,26H,7-12H2. The minimum absolute atomic E-state index is 0.143. The fraction of sp³-hybridized carbons (Fsp3) is 0.350. The largest absolute Gasteiger partial charge is 0.417 e. The smallest absolute Gasteiger partial charge is 0.368 e. The third-order valence-electron chi connectivity index (χ3n) is 5.01. The first-order valence-electron chi connectivity index (χ1n) is 9.62. The minimum Gasteiger partial charge on any atom is -0.368 e. The predicted molar refractivity (Wildman–Crippen MR) is 111 cm³/mol. The monoisotopic (exact) mass is 493 g/mol. The molecule has 12 heteroatoms. The van der Waals surface area contributed by atoms with E-state index in [0.29, 0.717) is 32.2 Å². The number of amides is 1. The molecule has 0 radical (unpaired) electrons. The number of nitrogens with zero attached hydrogens (tertiary/aromatic N) is 2. The lowest BCUT2D eigenvalue weighted by molar-refractivity contribution is -0.137. The number of carbonyl (C=O) groups is 1. The zero-order valence-electron chi connectivity index (χ0n) is 16.7. The molecule has 0 saturated carbocycles. The summed E-state index contributed by atoms with van der Waals surface area (Å²) in [6.45, 7) is 1.63. The third kappa shape index (κ3) is 5.90. The van der Waals surface area contributed by atoms with Crippen LogP contribution in [0.1, 0.15) is 12.0 Å². The van der Waals surface area contributed by atoms with Crippen molar-refractivity contribution in [3.63, 3.8) is 0 Å². The topological polar surface area (TPSA) is 69.7 Å². The molecule has 3 rings (SSSR count). The molecule has 174 valence electrons. The van der Waals surface area contributed by atoms with Gasteiger partial charge in [0.15, 0.2) is 0 Å². The molecule has 0 bridgehead atoms. The molecule has 1 amide bonds. The van der Waals surface area contributed by atoms with Crippen molar-refractivity contribution in [1.82, 2.24) is 9.62 Å². The minimum atomic E-state index is -4.80. The summed E-state index contributed by atoms with van der Waals surface area (Å²) >= 11 is 5.51. The van der Waals surface area contributed by atoms with E-state index in [1.807, 2.05) is 4.90 Å². The van der Waals surface area contributed by atoms with E-state index in [2.05, 4.69) is 4.72 Å². The van der Waals surface area contributed by atoms with Crippen LogP contribution < -0.4 is 9.62 Å². The number of halogens is 5. The van der Waals surface area contributed by atoms with Crippen LogP contribution in [0.15, 0.2) is 47.4 Å². The van der Waals surface area contributed by atoms with E-state index in [9.17, 15) is 30.8 Å². The molecule has 0 aromatic heterocycles. The van der Waals surface area contributed by atoms with E-state index in [1.165, 1.54) is 12.1 Å². The highest BCUT2D eigenvalue weighted by Gasteiger charge is 2.34. The molecule has 32 heavy (non-hydrogen) atoms. The second kappa shape index (κ2) is 9.63. The summed E-state index contributed by atoms with van der Waals surface area (Å²) in [5, 5.41) is -0.605. The fourth-order valence-electron chi connectivity index (χ4n) is 3.29. The van der Waals surface area contributed by atoms with Gasteiger partial charge in [-0.15, -0.1) is 0 Å². The summed E-state index contributed by atoms with van der Waals surface area (Å²) < 4.78 is 78.7. The Kier molecular flexibility index (Phi) is 7.31. The van der Waals surface area contributed by atoms with Gasteiger partial charge in [0.2, 0.25) is 15.9 Å². The van der Waals surface area contributed by atoms with Crippen molar-refractivity contribution in [2.24, 2.45) is 0 Å². The third-order valence-corrected chi connectivity index (χ3v) is 6.80. The fourth-order valence-corrected chi connectivity index (χ4v) is 4.57. The molecule has 0 unspecified atom stereocenters. The molecule has 0 atom stereocenters. The zero-order chi connectivity index (χ0) is 23.5. The van der Waals surface area contributed by atoms with Gasteiger partial charge in [-0.25, -0.2) is 17.5 Å². The van der Waals surface area contributed by atoms with Crippen molar-refractivity contribution in [3.05, 3.63) is 58.9 Å². The van der Waals surface area contributed by atoms with E-state index in [4.69, 9.17) is 11.6 Å². The number of benzene rings is 2. The second-order valence-corrected chi connectivity index (χ2v) is 9.31. The Balaban J connectivity index is 1.52. The van der Waals surface area contributed by atoms with Gasteiger partial charge < -0.3 is 9.80 Å². The summed E-state index contributed by atoms with van der Waals surface area (Å²) in [5.41, 5.74) is -0.412. The molecule has 0 spiro atoms. The highest BCUT2D eigenvalue weighted by Crippen LogP contribution is 2.35. The molecule has 1 aliphatic heterocycles. The summed E-state index contributed by atoms with van der Waals surface area (Å²) in [4.78, 5) is 15.4. The normalized spacial score (nSPS) is 15.2. The van der Waals surface area contributed by atoms with Gasteiger partial charge in [0, 0.05) is 44.8 Å². The van der Waals surface area contributed by atoms with Gasteiger partial charge in [-0.3, -0.25) is 4.79 Å². The lowest BCUT2D eigenvalue weighted by atomic mass is 10.2. The van der Waals surface area contributed by atoms with Gasteiger partial charge >= 0.3 is 6.18 Å². The quantitative estimate of drug-likeness (QED) is 0.625. The second-order valence-electron chi connectivity index (χ2n) is 7.13. The molecule has 1 heterocycles. The molecular weight excluding hydrogens is 474 g/mol. The first-order valence-corrected chi connectivity index (χ1v) is 11.5. The van der Waals surface area contributed by atoms with Crippen molar-refractivity contribution < 1.29 is 30.8 Å². The summed E-state index contributed by atoms with van der Waals surface area (Å²) in [7, 11) is -4.25. The Bertz CT molecular complexity index is 1070. The van der Waals surface area contributed by atoms with Crippen LogP contribution in [0.3, 0.4) is 0 Å². The van der Waals surface area contributed by atoms with Gasteiger partial charge in [0.1, 0.15) is 5.82 Å². The number of piperazine rings is 1. The maximum atomic E-state index is 13.0. The Labute approximate surface area is 187 Å². The molecule has 6 nitrogen and oxygen atoms in total. The van der Waals surface area contributed by atoms with Crippen molar-refractivity contribution in [2.45, 2.75) is 17.5 Å². The Morgan fingerprint density at radius 3 is 2.25 bits per heavy atom.